The summed E-state index contributed by atoms with van der Waals surface area (Å²) in [6.45, 7) is 2.73. The topological polar surface area (TPSA) is 98.5 Å². The van der Waals surface area contributed by atoms with E-state index in [9.17, 15) is 14.4 Å². The Morgan fingerprint density at radius 2 is 1.76 bits per heavy atom. The highest BCUT2D eigenvalue weighted by Gasteiger charge is 2.20. The van der Waals surface area contributed by atoms with Crippen molar-refractivity contribution >= 4 is 51.9 Å². The maximum atomic E-state index is 12.9. The van der Waals surface area contributed by atoms with Crippen molar-refractivity contribution in [2.45, 2.75) is 13.8 Å². The molecule has 0 saturated heterocycles. The molecule has 0 unspecified atom stereocenters. The fourth-order valence-corrected chi connectivity index (χ4v) is 3.76. The van der Waals surface area contributed by atoms with Gasteiger partial charge in [0.05, 0.1) is 21.1 Å². The molecule has 0 aliphatic rings. The van der Waals surface area contributed by atoms with Gasteiger partial charge in [0.2, 0.25) is 0 Å². The number of ether oxygens (including phenoxy) is 1. The second kappa shape index (κ2) is 9.67. The van der Waals surface area contributed by atoms with Crippen molar-refractivity contribution in [1.29, 1.82) is 0 Å². The van der Waals surface area contributed by atoms with Crippen molar-refractivity contribution < 1.29 is 18.7 Å². The van der Waals surface area contributed by atoms with Gasteiger partial charge in [0, 0.05) is 11.1 Å². The molecule has 1 amide bonds. The van der Waals surface area contributed by atoms with Crippen LogP contribution in [0.25, 0.3) is 22.3 Å². The van der Waals surface area contributed by atoms with E-state index in [1.807, 2.05) is 18.2 Å². The van der Waals surface area contributed by atoms with E-state index in [1.165, 1.54) is 12.1 Å². The van der Waals surface area contributed by atoms with Gasteiger partial charge in [0.25, 0.3) is 5.91 Å². The lowest BCUT2D eigenvalue weighted by Crippen LogP contribution is -2.22. The summed E-state index contributed by atoms with van der Waals surface area (Å²) in [6, 6.07) is 15.1. The van der Waals surface area contributed by atoms with Crippen LogP contribution in [0.3, 0.4) is 0 Å². The molecule has 0 radical (unpaired) electrons. The number of esters is 1. The standard InChI is InChI=1S/C25H18Cl2N2O5/c1-13-21(31)16-9-6-10-17(23(16)34-22(13)15-7-4-3-5-8-15)25(32)33-12-20(30)29-24-19(27)11-18(26)14(2)28-24/h3-11H,12H2,1-2H3,(H,28,29,30). The predicted molar refractivity (Wildman–Crippen MR) is 131 cm³/mol. The van der Waals surface area contributed by atoms with E-state index in [2.05, 4.69) is 10.3 Å². The summed E-state index contributed by atoms with van der Waals surface area (Å²) in [5.74, 6) is -1.01. The van der Waals surface area contributed by atoms with Crippen molar-refractivity contribution in [1.82, 2.24) is 4.98 Å². The van der Waals surface area contributed by atoms with Gasteiger partial charge >= 0.3 is 5.97 Å². The Morgan fingerprint density at radius 3 is 2.50 bits per heavy atom. The maximum absolute atomic E-state index is 12.9. The van der Waals surface area contributed by atoms with Crippen LogP contribution < -0.4 is 10.7 Å². The third-order valence-electron chi connectivity index (χ3n) is 5.10. The summed E-state index contributed by atoms with van der Waals surface area (Å²) in [6.07, 6.45) is 0. The number of para-hydroxylation sites is 1. The number of fused-ring (bicyclic) bond motifs is 1. The molecule has 0 aliphatic heterocycles. The van der Waals surface area contributed by atoms with Crippen molar-refractivity contribution in [2.24, 2.45) is 0 Å². The summed E-state index contributed by atoms with van der Waals surface area (Å²) in [7, 11) is 0. The van der Waals surface area contributed by atoms with Crippen LogP contribution in [0, 0.1) is 13.8 Å². The van der Waals surface area contributed by atoms with Crippen molar-refractivity contribution in [3.05, 3.63) is 91.7 Å². The average molecular weight is 497 g/mol. The number of aromatic nitrogens is 1. The number of carbonyl (C=O) groups is 2. The first-order valence-electron chi connectivity index (χ1n) is 10.2. The number of aryl methyl sites for hydroxylation is 1. The first-order valence-corrected chi connectivity index (χ1v) is 10.9. The average Bonchev–Trinajstić information content (AvgIpc) is 2.83. The molecule has 0 atom stereocenters. The highest BCUT2D eigenvalue weighted by atomic mass is 35.5. The number of halogens is 2. The van der Waals surface area contributed by atoms with Crippen LogP contribution in [0.2, 0.25) is 10.0 Å². The number of anilines is 1. The highest BCUT2D eigenvalue weighted by Crippen LogP contribution is 2.28. The van der Waals surface area contributed by atoms with Crippen LogP contribution in [-0.2, 0) is 9.53 Å². The van der Waals surface area contributed by atoms with Gasteiger partial charge < -0.3 is 14.5 Å². The first-order chi connectivity index (χ1) is 16.3. The summed E-state index contributed by atoms with van der Waals surface area (Å²) >= 11 is 12.0. The van der Waals surface area contributed by atoms with Crippen LogP contribution in [0.5, 0.6) is 0 Å². The molecule has 0 bridgehead atoms. The largest absolute Gasteiger partial charge is 0.455 e. The minimum atomic E-state index is -0.821. The van der Waals surface area contributed by atoms with Gasteiger partial charge in [-0.2, -0.15) is 0 Å². The summed E-state index contributed by atoms with van der Waals surface area (Å²) in [5, 5.41) is 3.22. The van der Waals surface area contributed by atoms with Gasteiger partial charge in [-0.1, -0.05) is 59.6 Å². The van der Waals surface area contributed by atoms with Gasteiger partial charge in [-0.15, -0.1) is 0 Å². The molecule has 9 heteroatoms. The van der Waals surface area contributed by atoms with Crippen molar-refractivity contribution in [2.75, 3.05) is 11.9 Å². The fraction of sp³-hybridized carbons (Fsp3) is 0.120. The molecule has 7 nitrogen and oxygen atoms in total. The number of carbonyl (C=O) groups excluding carboxylic acids is 2. The number of nitrogens with one attached hydrogen (secondary N) is 1. The molecular formula is C25H18Cl2N2O5. The smallest absolute Gasteiger partial charge is 0.342 e. The zero-order valence-corrected chi connectivity index (χ0v) is 19.7. The summed E-state index contributed by atoms with van der Waals surface area (Å²) in [5.41, 5.74) is 1.45. The van der Waals surface area contributed by atoms with Crippen LogP contribution in [0.1, 0.15) is 21.6 Å². The molecule has 4 aromatic rings. The lowest BCUT2D eigenvalue weighted by atomic mass is 10.0. The molecule has 0 spiro atoms. The minimum absolute atomic E-state index is 0.0260. The molecule has 2 heterocycles. The van der Waals surface area contributed by atoms with Gasteiger partial charge in [-0.3, -0.25) is 9.59 Å². The first kappa shape index (κ1) is 23.5. The molecule has 2 aromatic carbocycles. The van der Waals surface area contributed by atoms with Gasteiger partial charge in [-0.05, 0) is 32.0 Å². The zero-order valence-electron chi connectivity index (χ0n) is 18.1. The monoisotopic (exact) mass is 496 g/mol. The summed E-state index contributed by atoms with van der Waals surface area (Å²) in [4.78, 5) is 42.2. The number of nitrogens with zero attached hydrogens (tertiary/aromatic N) is 1. The molecule has 0 saturated carbocycles. The number of hydrogen-bond donors (Lipinski definition) is 1. The van der Waals surface area contributed by atoms with E-state index < -0.39 is 18.5 Å². The van der Waals surface area contributed by atoms with Crippen LogP contribution in [-0.4, -0.2) is 23.5 Å². The Bertz CT molecular complexity index is 1480. The normalized spacial score (nSPS) is 10.8. The third-order valence-corrected chi connectivity index (χ3v) is 5.77. The van der Waals surface area contributed by atoms with Crippen LogP contribution in [0.15, 0.2) is 63.8 Å². The number of rotatable bonds is 5. The quantitative estimate of drug-likeness (QED) is 0.362. The molecule has 0 aliphatic carbocycles. The number of pyridine rings is 1. The minimum Gasteiger partial charge on any atom is -0.455 e. The van der Waals surface area contributed by atoms with Crippen molar-refractivity contribution in [3.63, 3.8) is 0 Å². The van der Waals surface area contributed by atoms with E-state index in [1.54, 1.807) is 38.1 Å². The Labute approximate surface area is 204 Å². The highest BCUT2D eigenvalue weighted by molar-refractivity contribution is 6.36. The zero-order chi connectivity index (χ0) is 24.4. The van der Waals surface area contributed by atoms with E-state index >= 15 is 0 Å². The van der Waals surface area contributed by atoms with Gasteiger partial charge in [0.15, 0.2) is 23.4 Å². The molecular weight excluding hydrogens is 479 g/mol. The Hall–Kier alpha value is -3.68. The summed E-state index contributed by atoms with van der Waals surface area (Å²) < 4.78 is 11.2. The van der Waals surface area contributed by atoms with Crippen LogP contribution >= 0.6 is 23.2 Å². The molecule has 2 aromatic heterocycles. The van der Waals surface area contributed by atoms with E-state index in [0.717, 1.165) is 0 Å². The lowest BCUT2D eigenvalue weighted by molar-refractivity contribution is -0.119. The Kier molecular flexibility index (Phi) is 6.68. The third kappa shape index (κ3) is 4.66. The van der Waals surface area contributed by atoms with Crippen LogP contribution in [0.4, 0.5) is 5.82 Å². The Balaban J connectivity index is 1.59. The van der Waals surface area contributed by atoms with Crippen molar-refractivity contribution in [3.8, 4) is 11.3 Å². The molecule has 1 N–H and O–H groups in total. The number of hydrogen-bond acceptors (Lipinski definition) is 6. The second-order valence-corrected chi connectivity index (χ2v) is 8.26. The molecule has 4 rings (SSSR count). The fourth-order valence-electron chi connectivity index (χ4n) is 3.36. The number of benzene rings is 2. The van der Waals surface area contributed by atoms with E-state index in [0.29, 0.717) is 27.6 Å². The van der Waals surface area contributed by atoms with E-state index in [4.69, 9.17) is 32.4 Å². The van der Waals surface area contributed by atoms with Gasteiger partial charge in [0.1, 0.15) is 11.3 Å². The van der Waals surface area contributed by atoms with E-state index in [-0.39, 0.29) is 32.8 Å². The number of amides is 1. The molecule has 34 heavy (non-hydrogen) atoms. The molecule has 172 valence electrons. The maximum Gasteiger partial charge on any atom is 0.342 e. The second-order valence-electron chi connectivity index (χ2n) is 7.44. The molecule has 0 fully saturated rings. The predicted octanol–water partition coefficient (Wildman–Crippen LogP) is 5.57. The van der Waals surface area contributed by atoms with Gasteiger partial charge in [-0.25, -0.2) is 9.78 Å². The lowest BCUT2D eigenvalue weighted by Gasteiger charge is -2.11. The Morgan fingerprint density at radius 1 is 1.03 bits per heavy atom. The SMILES string of the molecule is Cc1nc(NC(=O)COC(=O)c2cccc3c(=O)c(C)c(-c4ccccc4)oc23)c(Cl)cc1Cl.